The molecule has 0 aromatic heterocycles. The third-order valence-electron chi connectivity index (χ3n) is 5.59. The molecule has 1 aromatic rings. The van der Waals surface area contributed by atoms with Crippen molar-refractivity contribution in [1.82, 2.24) is 5.32 Å². The Morgan fingerprint density at radius 3 is 2.62 bits per heavy atom. The highest BCUT2D eigenvalue weighted by Gasteiger charge is 2.31. The lowest BCUT2D eigenvalue weighted by atomic mass is 9.95. The van der Waals surface area contributed by atoms with Crippen LogP contribution in [0.15, 0.2) is 18.2 Å². The van der Waals surface area contributed by atoms with Crippen molar-refractivity contribution < 1.29 is 14.3 Å². The van der Waals surface area contributed by atoms with Gasteiger partial charge in [0.25, 0.3) is 0 Å². The average molecular weight is 383 g/mol. The van der Waals surface area contributed by atoms with Gasteiger partial charge in [-0.3, -0.25) is 4.79 Å². The van der Waals surface area contributed by atoms with Crippen LogP contribution in [-0.4, -0.2) is 25.7 Å². The summed E-state index contributed by atoms with van der Waals surface area (Å²) in [5, 5.41) is 3.07. The number of nitrogens with two attached hydrogens (primary N) is 1. The summed E-state index contributed by atoms with van der Waals surface area (Å²) in [6.07, 6.45) is 8.06. The first-order chi connectivity index (χ1) is 12.2. The molecule has 2 aliphatic rings. The van der Waals surface area contributed by atoms with Gasteiger partial charge in [0, 0.05) is 12.5 Å². The molecule has 0 radical (unpaired) electrons. The first kappa shape index (κ1) is 20.8. The second-order valence-corrected chi connectivity index (χ2v) is 7.26. The van der Waals surface area contributed by atoms with E-state index < -0.39 is 0 Å². The molecular formula is C20H31ClN2O3. The molecule has 5 nitrogen and oxygen atoms in total. The van der Waals surface area contributed by atoms with Crippen molar-refractivity contribution in [2.75, 3.05) is 13.7 Å². The van der Waals surface area contributed by atoms with Crippen LogP contribution in [0.1, 0.15) is 50.5 Å². The molecule has 2 saturated carbocycles. The Hall–Kier alpha value is -1.46. The molecular weight excluding hydrogens is 352 g/mol. The van der Waals surface area contributed by atoms with E-state index >= 15 is 0 Å². The van der Waals surface area contributed by atoms with Crippen LogP contribution < -0.4 is 20.5 Å². The van der Waals surface area contributed by atoms with Crippen molar-refractivity contribution in [3.8, 4) is 11.5 Å². The molecule has 26 heavy (non-hydrogen) atoms. The van der Waals surface area contributed by atoms with Crippen molar-refractivity contribution in [3.05, 3.63) is 23.8 Å². The predicted molar refractivity (Wildman–Crippen MR) is 105 cm³/mol. The largest absolute Gasteiger partial charge is 0.493 e. The van der Waals surface area contributed by atoms with Gasteiger partial charge < -0.3 is 20.5 Å². The molecule has 146 valence electrons. The van der Waals surface area contributed by atoms with Crippen molar-refractivity contribution >= 4 is 18.3 Å². The smallest absolute Gasteiger partial charge is 0.223 e. The second-order valence-electron chi connectivity index (χ2n) is 7.26. The molecule has 2 aliphatic carbocycles. The predicted octanol–water partition coefficient (Wildman–Crippen LogP) is 3.43. The lowest BCUT2D eigenvalue weighted by molar-refractivity contribution is -0.126. The summed E-state index contributed by atoms with van der Waals surface area (Å²) in [6.45, 7) is 1.11. The maximum Gasteiger partial charge on any atom is 0.223 e. The maximum atomic E-state index is 12.5. The van der Waals surface area contributed by atoms with Gasteiger partial charge in [-0.05, 0) is 68.7 Å². The minimum absolute atomic E-state index is 0. The molecule has 3 rings (SSSR count). The SMILES string of the molecule is COc1ccc(CNC(=O)[C@@H]2CCC[C@@H]2CN)cc1OC1CCCC1.Cl. The molecule has 3 N–H and O–H groups in total. The Kier molecular flexibility index (Phi) is 8.04. The summed E-state index contributed by atoms with van der Waals surface area (Å²) >= 11 is 0. The van der Waals surface area contributed by atoms with Crippen LogP contribution in [-0.2, 0) is 11.3 Å². The van der Waals surface area contributed by atoms with Gasteiger partial charge in [-0.1, -0.05) is 12.5 Å². The van der Waals surface area contributed by atoms with Gasteiger partial charge in [0.05, 0.1) is 13.2 Å². The minimum Gasteiger partial charge on any atom is -0.493 e. The maximum absolute atomic E-state index is 12.5. The highest BCUT2D eigenvalue weighted by molar-refractivity contribution is 5.85. The number of amides is 1. The van der Waals surface area contributed by atoms with Gasteiger partial charge in [-0.2, -0.15) is 0 Å². The number of carbonyl (C=O) groups is 1. The standard InChI is InChI=1S/C20H30N2O3.ClH/c1-24-18-10-9-14(11-19(18)25-16-6-2-3-7-16)13-22-20(23)17-8-4-5-15(17)12-21;/h9-11,15-17H,2-8,12-13,21H2,1H3,(H,22,23);1H/t15-,17-;/m1./s1. The van der Waals surface area contributed by atoms with Crippen molar-refractivity contribution in [2.45, 2.75) is 57.6 Å². The number of ether oxygens (including phenoxy) is 2. The van der Waals surface area contributed by atoms with Crippen molar-refractivity contribution in [1.29, 1.82) is 0 Å². The molecule has 0 heterocycles. The van der Waals surface area contributed by atoms with E-state index in [2.05, 4.69) is 5.32 Å². The molecule has 1 amide bonds. The fourth-order valence-electron chi connectivity index (χ4n) is 4.09. The molecule has 0 spiro atoms. The Labute approximate surface area is 162 Å². The Bertz CT molecular complexity index is 590. The number of methoxy groups -OCH3 is 1. The van der Waals surface area contributed by atoms with Gasteiger partial charge in [0.1, 0.15) is 0 Å². The summed E-state index contributed by atoms with van der Waals surface area (Å²) in [5.41, 5.74) is 6.82. The summed E-state index contributed by atoms with van der Waals surface area (Å²) in [4.78, 5) is 12.5. The molecule has 0 saturated heterocycles. The highest BCUT2D eigenvalue weighted by atomic mass is 35.5. The van der Waals surface area contributed by atoms with Crippen LogP contribution in [0.4, 0.5) is 0 Å². The monoisotopic (exact) mass is 382 g/mol. The average Bonchev–Trinajstić information content (AvgIpc) is 3.31. The number of benzene rings is 1. The van der Waals surface area contributed by atoms with Gasteiger partial charge in [0.2, 0.25) is 5.91 Å². The first-order valence-corrected chi connectivity index (χ1v) is 9.52. The fraction of sp³-hybridized carbons (Fsp3) is 0.650. The number of nitrogens with one attached hydrogen (secondary N) is 1. The van der Waals surface area contributed by atoms with Crippen LogP contribution in [0.25, 0.3) is 0 Å². The summed E-state index contributed by atoms with van der Waals surface area (Å²) in [5.74, 6) is 2.06. The molecule has 1 aromatic carbocycles. The fourth-order valence-corrected chi connectivity index (χ4v) is 4.09. The van der Waals surface area contributed by atoms with Gasteiger partial charge in [0.15, 0.2) is 11.5 Å². The van der Waals surface area contributed by atoms with Crippen LogP contribution in [0.3, 0.4) is 0 Å². The third kappa shape index (κ3) is 5.04. The summed E-state index contributed by atoms with van der Waals surface area (Å²) < 4.78 is 11.5. The number of hydrogen-bond acceptors (Lipinski definition) is 4. The minimum atomic E-state index is 0. The molecule has 0 bridgehead atoms. The third-order valence-corrected chi connectivity index (χ3v) is 5.59. The molecule has 2 atom stereocenters. The molecule has 0 aliphatic heterocycles. The first-order valence-electron chi connectivity index (χ1n) is 9.52. The van der Waals surface area contributed by atoms with E-state index in [0.717, 1.165) is 49.2 Å². The molecule has 2 fully saturated rings. The summed E-state index contributed by atoms with van der Waals surface area (Å²) in [6, 6.07) is 5.90. The van der Waals surface area contributed by atoms with Crippen molar-refractivity contribution in [2.24, 2.45) is 17.6 Å². The zero-order valence-corrected chi connectivity index (χ0v) is 16.4. The summed E-state index contributed by atoms with van der Waals surface area (Å²) in [7, 11) is 1.66. The van der Waals surface area contributed by atoms with Crippen molar-refractivity contribution in [3.63, 3.8) is 0 Å². The van der Waals surface area contributed by atoms with E-state index in [1.54, 1.807) is 7.11 Å². The number of hydrogen-bond donors (Lipinski definition) is 2. The van der Waals surface area contributed by atoms with E-state index in [0.29, 0.717) is 19.0 Å². The highest BCUT2D eigenvalue weighted by Crippen LogP contribution is 2.33. The van der Waals surface area contributed by atoms with E-state index in [4.69, 9.17) is 15.2 Å². The Balaban J connectivity index is 0.00000243. The molecule has 0 unspecified atom stereocenters. The van der Waals surface area contributed by atoms with Gasteiger partial charge in [-0.25, -0.2) is 0 Å². The lowest BCUT2D eigenvalue weighted by Gasteiger charge is -2.19. The second kappa shape index (κ2) is 10.0. The zero-order valence-electron chi connectivity index (χ0n) is 15.5. The molecule has 6 heteroatoms. The van der Waals surface area contributed by atoms with Crippen LogP contribution in [0, 0.1) is 11.8 Å². The number of carbonyl (C=O) groups excluding carboxylic acids is 1. The van der Waals surface area contributed by atoms with E-state index in [1.165, 1.54) is 12.8 Å². The van der Waals surface area contributed by atoms with Gasteiger partial charge in [-0.15, -0.1) is 12.4 Å². The topological polar surface area (TPSA) is 73.6 Å². The van der Waals surface area contributed by atoms with Gasteiger partial charge >= 0.3 is 0 Å². The quantitative estimate of drug-likeness (QED) is 0.757. The lowest BCUT2D eigenvalue weighted by Crippen LogP contribution is -2.34. The number of halogens is 1. The van der Waals surface area contributed by atoms with E-state index in [9.17, 15) is 4.79 Å². The van der Waals surface area contributed by atoms with Crippen LogP contribution in [0.5, 0.6) is 11.5 Å². The number of rotatable bonds is 7. The Morgan fingerprint density at radius 2 is 1.92 bits per heavy atom. The normalized spacial score (nSPS) is 22.7. The van der Waals surface area contributed by atoms with E-state index in [-0.39, 0.29) is 30.3 Å². The van der Waals surface area contributed by atoms with Crippen LogP contribution in [0.2, 0.25) is 0 Å². The van der Waals surface area contributed by atoms with Crippen LogP contribution >= 0.6 is 12.4 Å². The van der Waals surface area contributed by atoms with E-state index in [1.807, 2.05) is 18.2 Å². The Morgan fingerprint density at radius 1 is 1.15 bits per heavy atom. The zero-order chi connectivity index (χ0) is 17.6.